The van der Waals surface area contributed by atoms with E-state index in [0.717, 1.165) is 31.2 Å². The summed E-state index contributed by atoms with van der Waals surface area (Å²) in [6.45, 7) is 4.69. The van der Waals surface area contributed by atoms with Gasteiger partial charge in [-0.1, -0.05) is 86.6 Å². The van der Waals surface area contributed by atoms with E-state index < -0.39 is 19.1 Å². The van der Waals surface area contributed by atoms with Crippen LogP contribution in [0.1, 0.15) is 68.3 Å². The number of hydrogen-bond acceptors (Lipinski definition) is 4. The molecule has 9 heteroatoms. The van der Waals surface area contributed by atoms with Gasteiger partial charge in [0.1, 0.15) is 6.04 Å². The van der Waals surface area contributed by atoms with Gasteiger partial charge < -0.3 is 19.9 Å². The standard InChI is InChI=1S/C31H37BCl2N2O4/c1-31(2)20-15-23(31)28-26(16-20)39-32(40-28)27(14-19-9-6-10-19)36-30(38)25(13-18-7-4-3-5-8-18)35-29(37)22-17-21(33)11-12-24(22)34/h3-5,7-8,11-12,17,19-20,23,25-28H,6,9-10,13-16H2,1-2H3,(H,35,37)(H,36,38)/t20-,23+,25-,26?,27?,28?/m0/s1. The van der Waals surface area contributed by atoms with Crippen molar-refractivity contribution < 1.29 is 18.9 Å². The van der Waals surface area contributed by atoms with E-state index in [-0.39, 0.29) is 40.1 Å². The molecule has 2 aromatic carbocycles. The minimum atomic E-state index is -0.815. The van der Waals surface area contributed by atoms with Crippen molar-refractivity contribution in [3.8, 4) is 0 Å². The van der Waals surface area contributed by atoms with Crippen molar-refractivity contribution in [2.75, 3.05) is 0 Å². The third kappa shape index (κ3) is 5.55. The van der Waals surface area contributed by atoms with Gasteiger partial charge in [0.2, 0.25) is 5.91 Å². The molecule has 4 aliphatic carbocycles. The minimum Gasteiger partial charge on any atom is -0.404 e. The van der Waals surface area contributed by atoms with E-state index in [1.165, 1.54) is 18.9 Å². The first-order valence-corrected chi connectivity index (χ1v) is 15.4. The van der Waals surface area contributed by atoms with Gasteiger partial charge in [-0.05, 0) is 66.2 Å². The topological polar surface area (TPSA) is 76.7 Å². The second kappa shape index (κ2) is 11.3. The van der Waals surface area contributed by atoms with Crippen LogP contribution in [0.25, 0.3) is 0 Å². The van der Waals surface area contributed by atoms with E-state index in [1.54, 1.807) is 12.1 Å². The molecule has 212 valence electrons. The predicted octanol–water partition coefficient (Wildman–Crippen LogP) is 5.89. The normalized spacial score (nSPS) is 28.1. The lowest BCUT2D eigenvalue weighted by Gasteiger charge is -2.60. The van der Waals surface area contributed by atoms with Crippen LogP contribution in [0, 0.1) is 23.2 Å². The van der Waals surface area contributed by atoms with Gasteiger partial charge >= 0.3 is 7.12 Å². The summed E-state index contributed by atoms with van der Waals surface area (Å²) in [6, 6.07) is 13.6. The molecule has 0 aromatic heterocycles. The van der Waals surface area contributed by atoms with E-state index >= 15 is 0 Å². The highest BCUT2D eigenvalue weighted by molar-refractivity contribution is 6.47. The highest BCUT2D eigenvalue weighted by Gasteiger charge is 2.63. The molecule has 1 heterocycles. The quantitative estimate of drug-likeness (QED) is 0.362. The molecule has 3 unspecified atom stereocenters. The molecule has 7 rings (SSSR count). The SMILES string of the molecule is CC1(C)[C@@H]2CC3OB(C(CC4CCC4)NC(=O)[C@H](Cc4ccccc4)NC(=O)c4cc(Cl)ccc4Cl)OC3[C@H]1C2. The van der Waals surface area contributed by atoms with Crippen LogP contribution in [-0.4, -0.2) is 43.1 Å². The Labute approximate surface area is 247 Å². The van der Waals surface area contributed by atoms with Gasteiger partial charge in [-0.3, -0.25) is 9.59 Å². The van der Waals surface area contributed by atoms with Crippen molar-refractivity contribution in [2.45, 2.75) is 83.0 Å². The maximum absolute atomic E-state index is 13.9. The summed E-state index contributed by atoms with van der Waals surface area (Å²) in [5.41, 5.74) is 1.45. The third-order valence-electron chi connectivity index (χ3n) is 9.97. The zero-order valence-electron chi connectivity index (χ0n) is 23.1. The molecule has 2 amide bonds. The number of carbonyl (C=O) groups excluding carboxylic acids is 2. The van der Waals surface area contributed by atoms with E-state index in [2.05, 4.69) is 24.5 Å². The summed E-state index contributed by atoms with van der Waals surface area (Å²) in [4.78, 5) is 27.2. The third-order valence-corrected chi connectivity index (χ3v) is 10.5. The largest absolute Gasteiger partial charge is 0.481 e. The highest BCUT2D eigenvalue weighted by Crippen LogP contribution is 2.61. The molecular weight excluding hydrogens is 546 g/mol. The van der Waals surface area contributed by atoms with E-state index in [1.807, 2.05) is 30.3 Å². The zero-order chi connectivity index (χ0) is 28.0. The first-order valence-electron chi connectivity index (χ1n) is 14.6. The summed E-state index contributed by atoms with van der Waals surface area (Å²) in [7, 11) is -0.481. The van der Waals surface area contributed by atoms with Gasteiger partial charge in [-0.25, -0.2) is 0 Å². The molecule has 1 saturated heterocycles. The summed E-state index contributed by atoms with van der Waals surface area (Å²) in [6.07, 6.45) is 7.05. The second-order valence-corrected chi connectivity index (χ2v) is 13.6. The van der Waals surface area contributed by atoms with Crippen molar-refractivity contribution in [2.24, 2.45) is 23.2 Å². The fourth-order valence-corrected chi connectivity index (χ4v) is 7.50. The molecule has 40 heavy (non-hydrogen) atoms. The Morgan fingerprint density at radius 2 is 1.82 bits per heavy atom. The number of benzene rings is 2. The molecule has 6 atom stereocenters. The van der Waals surface area contributed by atoms with Crippen molar-refractivity contribution in [1.29, 1.82) is 0 Å². The maximum atomic E-state index is 13.9. The van der Waals surface area contributed by atoms with E-state index in [0.29, 0.717) is 29.2 Å². The first-order chi connectivity index (χ1) is 19.2. The second-order valence-electron chi connectivity index (χ2n) is 12.7. The molecule has 1 aliphatic heterocycles. The van der Waals surface area contributed by atoms with Crippen LogP contribution >= 0.6 is 23.2 Å². The van der Waals surface area contributed by atoms with Gasteiger partial charge in [-0.15, -0.1) is 0 Å². The Morgan fingerprint density at radius 3 is 2.52 bits per heavy atom. The molecule has 4 saturated carbocycles. The molecule has 6 nitrogen and oxygen atoms in total. The van der Waals surface area contributed by atoms with Crippen LogP contribution in [0.3, 0.4) is 0 Å². The Kier molecular flexibility index (Phi) is 7.95. The van der Waals surface area contributed by atoms with Crippen LogP contribution in [0.15, 0.2) is 48.5 Å². The first kappa shape index (κ1) is 28.1. The minimum absolute atomic E-state index is 0.0792. The smallest absolute Gasteiger partial charge is 0.404 e. The van der Waals surface area contributed by atoms with Crippen molar-refractivity contribution in [3.63, 3.8) is 0 Å². The molecule has 0 spiro atoms. The van der Waals surface area contributed by atoms with Crippen molar-refractivity contribution in [1.82, 2.24) is 10.6 Å². The number of halogens is 2. The monoisotopic (exact) mass is 582 g/mol. The van der Waals surface area contributed by atoms with Crippen molar-refractivity contribution in [3.05, 3.63) is 69.7 Å². The van der Waals surface area contributed by atoms with Gasteiger partial charge in [0.15, 0.2) is 0 Å². The summed E-state index contributed by atoms with van der Waals surface area (Å²) in [5.74, 6) is 0.719. The molecule has 5 aliphatic rings. The number of rotatable bonds is 9. The lowest BCUT2D eigenvalue weighted by atomic mass is 9.47. The fourth-order valence-electron chi connectivity index (χ4n) is 7.13. The van der Waals surface area contributed by atoms with Gasteiger partial charge in [-0.2, -0.15) is 0 Å². The van der Waals surface area contributed by atoms with Crippen LogP contribution in [0.2, 0.25) is 10.0 Å². The van der Waals surface area contributed by atoms with Crippen LogP contribution in [-0.2, 0) is 20.5 Å². The summed E-state index contributed by atoms with van der Waals surface area (Å²) >= 11 is 12.4. The number of hydrogen-bond donors (Lipinski definition) is 2. The molecule has 2 N–H and O–H groups in total. The molecule has 0 radical (unpaired) electrons. The maximum Gasteiger partial charge on any atom is 0.481 e. The number of amides is 2. The lowest BCUT2D eigenvalue weighted by Crippen LogP contribution is -2.59. The van der Waals surface area contributed by atoms with Crippen LogP contribution in [0.5, 0.6) is 0 Å². The average molecular weight is 583 g/mol. The Bertz CT molecular complexity index is 1260. The molecule has 2 aromatic rings. The van der Waals surface area contributed by atoms with E-state index in [4.69, 9.17) is 32.5 Å². The summed E-state index contributed by atoms with van der Waals surface area (Å²) < 4.78 is 13.1. The van der Waals surface area contributed by atoms with Gasteiger partial charge in [0, 0.05) is 11.4 Å². The summed E-state index contributed by atoms with van der Waals surface area (Å²) in [5, 5.41) is 6.86. The Hall–Kier alpha value is -2.06. The molecule has 5 fully saturated rings. The van der Waals surface area contributed by atoms with Crippen LogP contribution in [0.4, 0.5) is 0 Å². The van der Waals surface area contributed by atoms with E-state index in [9.17, 15) is 9.59 Å². The molecule has 2 bridgehead atoms. The lowest BCUT2D eigenvalue weighted by molar-refractivity contribution is -0.150. The predicted molar refractivity (Wildman–Crippen MR) is 157 cm³/mol. The Balaban J connectivity index is 1.20. The average Bonchev–Trinajstić information content (AvgIpc) is 3.35. The number of nitrogens with one attached hydrogen (secondary N) is 2. The molecular formula is C31H37BCl2N2O4. The highest BCUT2D eigenvalue weighted by atomic mass is 35.5. The van der Waals surface area contributed by atoms with Crippen LogP contribution < -0.4 is 10.6 Å². The fraction of sp³-hybridized carbons (Fsp3) is 0.548. The zero-order valence-corrected chi connectivity index (χ0v) is 24.6. The van der Waals surface area contributed by atoms with Gasteiger partial charge in [0.25, 0.3) is 5.91 Å². The Morgan fingerprint density at radius 1 is 1.05 bits per heavy atom. The van der Waals surface area contributed by atoms with Gasteiger partial charge in [0.05, 0.1) is 28.7 Å². The van der Waals surface area contributed by atoms with Crippen molar-refractivity contribution >= 4 is 42.1 Å². The number of carbonyl (C=O) groups is 2.